The van der Waals surface area contributed by atoms with Crippen LogP contribution in [0.15, 0.2) is 41.2 Å². The molecule has 0 unspecified atom stereocenters. The molecule has 7 nitrogen and oxygen atoms in total. The van der Waals surface area contributed by atoms with Crippen molar-refractivity contribution < 1.29 is 19.8 Å². The van der Waals surface area contributed by atoms with Gasteiger partial charge in [-0.2, -0.15) is 0 Å². The maximum atomic E-state index is 12.3. The lowest BCUT2D eigenvalue weighted by molar-refractivity contribution is 0.0944. The molecule has 0 aliphatic rings. The highest BCUT2D eigenvalue weighted by atomic mass is 16.3. The van der Waals surface area contributed by atoms with Crippen molar-refractivity contribution in [3.05, 3.63) is 69.1 Å². The van der Waals surface area contributed by atoms with E-state index in [4.69, 9.17) is 5.11 Å². The number of aliphatic hydroxyl groups is 1. The molecule has 0 aliphatic heterocycles. The van der Waals surface area contributed by atoms with Gasteiger partial charge in [-0.05, 0) is 30.7 Å². The summed E-state index contributed by atoms with van der Waals surface area (Å²) in [6.07, 6.45) is 2.64. The molecule has 2 aromatic rings. The number of nitrogens with zero attached hydrogens (tertiary/aromatic N) is 1. The molecule has 1 aromatic heterocycles. The molecule has 3 N–H and O–H groups in total. The average Bonchev–Trinajstić information content (AvgIpc) is 2.62. The number of benzene rings is 1. The fraction of sp³-hybridized carbons (Fsp3) is 0.211. The lowest BCUT2D eigenvalue weighted by Gasteiger charge is -2.07. The molecule has 7 heteroatoms. The van der Waals surface area contributed by atoms with Crippen LogP contribution in [0.2, 0.25) is 0 Å². The molecule has 0 radical (unpaired) electrons. The van der Waals surface area contributed by atoms with Gasteiger partial charge in [-0.15, -0.1) is 0 Å². The summed E-state index contributed by atoms with van der Waals surface area (Å²) >= 11 is 0. The van der Waals surface area contributed by atoms with Crippen LogP contribution in [0.25, 0.3) is 6.08 Å². The van der Waals surface area contributed by atoms with E-state index in [0.717, 1.165) is 0 Å². The van der Waals surface area contributed by atoms with Crippen LogP contribution in [0, 0.1) is 6.92 Å². The first-order chi connectivity index (χ1) is 12.3. The molecule has 0 spiro atoms. The number of amides is 1. The molecule has 2 rings (SSSR count). The van der Waals surface area contributed by atoms with E-state index in [0.29, 0.717) is 16.8 Å². The van der Waals surface area contributed by atoms with Crippen molar-refractivity contribution in [2.45, 2.75) is 6.92 Å². The van der Waals surface area contributed by atoms with Crippen LogP contribution in [0.1, 0.15) is 32.0 Å². The number of hydrogen-bond acceptors (Lipinski definition) is 5. The molecule has 0 atom stereocenters. The van der Waals surface area contributed by atoms with Crippen LogP contribution in [0.5, 0.6) is 5.75 Å². The fourth-order valence-corrected chi connectivity index (χ4v) is 2.35. The lowest BCUT2D eigenvalue weighted by Crippen LogP contribution is -2.26. The second-order valence-corrected chi connectivity index (χ2v) is 5.71. The summed E-state index contributed by atoms with van der Waals surface area (Å²) in [6, 6.07) is 7.88. The summed E-state index contributed by atoms with van der Waals surface area (Å²) in [5.41, 5.74) is 0.621. The van der Waals surface area contributed by atoms with Crippen LogP contribution in [0.4, 0.5) is 0 Å². The molecule has 1 amide bonds. The third-order valence-electron chi connectivity index (χ3n) is 3.87. The fourth-order valence-electron chi connectivity index (χ4n) is 2.35. The number of pyridine rings is 1. The largest absolute Gasteiger partial charge is 0.507 e. The van der Waals surface area contributed by atoms with Crippen molar-refractivity contribution in [3.8, 4) is 5.75 Å². The zero-order valence-corrected chi connectivity index (χ0v) is 14.5. The first-order valence-corrected chi connectivity index (χ1v) is 7.96. The van der Waals surface area contributed by atoms with Crippen LogP contribution in [0.3, 0.4) is 0 Å². The number of ketones is 1. The van der Waals surface area contributed by atoms with Gasteiger partial charge in [-0.1, -0.05) is 18.2 Å². The van der Waals surface area contributed by atoms with Crippen molar-refractivity contribution in [1.29, 1.82) is 0 Å². The minimum absolute atomic E-state index is 0.146. The molecule has 1 aromatic carbocycles. The van der Waals surface area contributed by atoms with Crippen LogP contribution >= 0.6 is 0 Å². The number of aryl methyl sites for hydroxylation is 1. The molecular weight excluding hydrogens is 336 g/mol. The highest BCUT2D eigenvalue weighted by Crippen LogP contribution is 2.16. The minimum atomic E-state index is -0.627. The van der Waals surface area contributed by atoms with Crippen molar-refractivity contribution >= 4 is 17.8 Å². The van der Waals surface area contributed by atoms with E-state index in [1.54, 1.807) is 31.2 Å². The third-order valence-corrected chi connectivity index (χ3v) is 3.87. The van der Waals surface area contributed by atoms with E-state index in [1.807, 2.05) is 0 Å². The van der Waals surface area contributed by atoms with Crippen molar-refractivity contribution in [2.24, 2.45) is 7.05 Å². The van der Waals surface area contributed by atoms with Crippen molar-refractivity contribution in [1.82, 2.24) is 9.88 Å². The zero-order chi connectivity index (χ0) is 19.3. The first kappa shape index (κ1) is 19.1. The molecule has 0 saturated heterocycles. The summed E-state index contributed by atoms with van der Waals surface area (Å²) in [7, 11) is 1.52. The Bertz CT molecular complexity index is 928. The first-order valence-electron chi connectivity index (χ1n) is 7.96. The van der Waals surface area contributed by atoms with Gasteiger partial charge >= 0.3 is 0 Å². The Kier molecular flexibility index (Phi) is 6.08. The van der Waals surface area contributed by atoms with Gasteiger partial charge in [-0.3, -0.25) is 14.4 Å². The van der Waals surface area contributed by atoms with Gasteiger partial charge in [0, 0.05) is 30.9 Å². The Labute approximate surface area is 150 Å². The normalized spacial score (nSPS) is 10.9. The molecule has 26 heavy (non-hydrogen) atoms. The number of aliphatic hydroxyl groups excluding tert-OH is 1. The summed E-state index contributed by atoms with van der Waals surface area (Å²) in [4.78, 5) is 36.4. The SMILES string of the molecule is Cc1cc(O)c(C(=O)/C=C/c2cccc(C(=O)NCCO)c2)c(=O)n1C. The van der Waals surface area contributed by atoms with Gasteiger partial charge in [0.2, 0.25) is 0 Å². The van der Waals surface area contributed by atoms with Crippen molar-refractivity contribution in [3.63, 3.8) is 0 Å². The maximum absolute atomic E-state index is 12.3. The number of nitrogens with one attached hydrogen (secondary N) is 1. The summed E-state index contributed by atoms with van der Waals surface area (Å²) in [5, 5.41) is 21.2. The average molecular weight is 356 g/mol. The van der Waals surface area contributed by atoms with Crippen LogP contribution in [-0.2, 0) is 7.05 Å². The van der Waals surface area contributed by atoms with Crippen molar-refractivity contribution in [2.75, 3.05) is 13.2 Å². The minimum Gasteiger partial charge on any atom is -0.507 e. The van der Waals surface area contributed by atoms with Gasteiger partial charge in [0.1, 0.15) is 11.3 Å². The number of aromatic hydroxyl groups is 1. The molecule has 0 saturated carbocycles. The Morgan fingerprint density at radius 1 is 1.27 bits per heavy atom. The number of carbonyl (C=O) groups is 2. The standard InChI is InChI=1S/C19H20N2O5/c1-12-10-16(24)17(19(26)21(12)2)15(23)7-6-13-4-3-5-14(11-13)18(25)20-8-9-22/h3-7,10-11,22,24H,8-9H2,1-2H3,(H,20,25)/b7-6+. The van der Waals surface area contributed by atoms with Crippen LogP contribution < -0.4 is 10.9 Å². The van der Waals surface area contributed by atoms with E-state index in [9.17, 15) is 19.5 Å². The smallest absolute Gasteiger partial charge is 0.265 e. The van der Waals surface area contributed by atoms with E-state index in [-0.39, 0.29) is 30.4 Å². The predicted molar refractivity (Wildman–Crippen MR) is 97.3 cm³/mol. The van der Waals surface area contributed by atoms with Gasteiger partial charge in [0.15, 0.2) is 5.78 Å². The zero-order valence-electron chi connectivity index (χ0n) is 14.5. The van der Waals surface area contributed by atoms with Gasteiger partial charge in [-0.25, -0.2) is 0 Å². The Morgan fingerprint density at radius 2 is 2.00 bits per heavy atom. The summed E-state index contributed by atoms with van der Waals surface area (Å²) in [5.74, 6) is -1.33. The highest BCUT2D eigenvalue weighted by Gasteiger charge is 2.16. The highest BCUT2D eigenvalue weighted by molar-refractivity contribution is 6.08. The summed E-state index contributed by atoms with van der Waals surface area (Å²) < 4.78 is 1.28. The summed E-state index contributed by atoms with van der Waals surface area (Å²) in [6.45, 7) is 1.64. The number of hydrogen-bond donors (Lipinski definition) is 3. The molecule has 136 valence electrons. The van der Waals surface area contributed by atoms with Crippen LogP contribution in [-0.4, -0.2) is 39.6 Å². The second kappa shape index (κ2) is 8.26. The third kappa shape index (κ3) is 4.25. The number of carbonyl (C=O) groups excluding carboxylic acids is 2. The van der Waals surface area contributed by atoms with Gasteiger partial charge < -0.3 is 20.1 Å². The van der Waals surface area contributed by atoms with E-state index in [2.05, 4.69) is 5.32 Å². The van der Waals surface area contributed by atoms with E-state index in [1.165, 1.54) is 29.8 Å². The monoisotopic (exact) mass is 356 g/mol. The molecule has 0 bridgehead atoms. The molecular formula is C19H20N2O5. The Balaban J connectivity index is 2.26. The number of rotatable bonds is 6. The van der Waals surface area contributed by atoms with E-state index < -0.39 is 11.3 Å². The quantitative estimate of drug-likeness (QED) is 0.529. The molecule has 0 aliphatic carbocycles. The predicted octanol–water partition coefficient (Wildman–Crippen LogP) is 1.02. The maximum Gasteiger partial charge on any atom is 0.265 e. The van der Waals surface area contributed by atoms with E-state index >= 15 is 0 Å². The number of allylic oxidation sites excluding steroid dienone is 1. The topological polar surface area (TPSA) is 109 Å². The Hall–Kier alpha value is -3.19. The molecule has 1 heterocycles. The van der Waals surface area contributed by atoms with Gasteiger partial charge in [0.25, 0.3) is 11.5 Å². The second-order valence-electron chi connectivity index (χ2n) is 5.71. The lowest BCUT2D eigenvalue weighted by atomic mass is 10.1. The van der Waals surface area contributed by atoms with Gasteiger partial charge in [0.05, 0.1) is 6.61 Å². The number of aromatic nitrogens is 1. The molecule has 0 fully saturated rings. The Morgan fingerprint density at radius 3 is 2.69 bits per heavy atom.